The minimum atomic E-state index is -0.814. The van der Waals surface area contributed by atoms with Crippen LogP contribution in [0.1, 0.15) is 45.1 Å². The molecular formula is C14H24N4O2. The molecule has 0 radical (unpaired) electrons. The summed E-state index contributed by atoms with van der Waals surface area (Å²) in [6.07, 6.45) is 7.11. The van der Waals surface area contributed by atoms with E-state index in [1.165, 1.54) is 0 Å². The van der Waals surface area contributed by atoms with Crippen LogP contribution in [0.15, 0.2) is 12.4 Å². The minimum absolute atomic E-state index is 0.464. The molecule has 3 N–H and O–H groups in total. The summed E-state index contributed by atoms with van der Waals surface area (Å²) < 4.78 is 0. The molecule has 20 heavy (non-hydrogen) atoms. The predicted molar refractivity (Wildman–Crippen MR) is 78.6 cm³/mol. The van der Waals surface area contributed by atoms with Gasteiger partial charge in [0.1, 0.15) is 6.04 Å². The fourth-order valence-electron chi connectivity index (χ4n) is 1.76. The number of hydrogen-bond donors (Lipinski definition) is 3. The molecule has 0 saturated heterocycles. The number of nitrogens with zero attached hydrogens (tertiary/aromatic N) is 2. The molecule has 6 heteroatoms. The number of hydrogen-bond acceptors (Lipinski definition) is 5. The molecule has 0 aliphatic rings. The van der Waals surface area contributed by atoms with Gasteiger partial charge in [-0.15, -0.1) is 0 Å². The molecule has 1 aromatic heterocycles. The van der Waals surface area contributed by atoms with Crippen molar-refractivity contribution >= 4 is 11.9 Å². The highest BCUT2D eigenvalue weighted by Gasteiger charge is 2.15. The lowest BCUT2D eigenvalue weighted by molar-refractivity contribution is -0.139. The van der Waals surface area contributed by atoms with Gasteiger partial charge >= 0.3 is 5.97 Å². The van der Waals surface area contributed by atoms with Crippen LogP contribution in [0.2, 0.25) is 0 Å². The molecule has 0 bridgehead atoms. The van der Waals surface area contributed by atoms with Crippen LogP contribution in [0.3, 0.4) is 0 Å². The van der Waals surface area contributed by atoms with Crippen molar-refractivity contribution in [2.75, 3.05) is 11.9 Å². The van der Waals surface area contributed by atoms with Crippen LogP contribution in [0.5, 0.6) is 0 Å². The third kappa shape index (κ3) is 5.97. The van der Waals surface area contributed by atoms with E-state index in [0.29, 0.717) is 18.9 Å². The number of carbonyl (C=O) groups is 1. The standard InChI is InChI=1S/C14H24N4O2/c1-3-5-7-15-14-17-9-11(10-18-14)8-16-12(6-4-2)13(19)20/h9-10,12,16H,3-8H2,1-2H3,(H,19,20)(H,15,17,18). The zero-order valence-electron chi connectivity index (χ0n) is 12.2. The number of unbranched alkanes of at least 4 members (excludes halogenated alkanes) is 1. The fourth-order valence-corrected chi connectivity index (χ4v) is 1.76. The lowest BCUT2D eigenvalue weighted by Crippen LogP contribution is -2.36. The molecule has 0 aliphatic carbocycles. The first-order valence-corrected chi connectivity index (χ1v) is 7.18. The molecule has 1 unspecified atom stereocenters. The molecular weight excluding hydrogens is 256 g/mol. The van der Waals surface area contributed by atoms with Gasteiger partial charge in [-0.2, -0.15) is 0 Å². The van der Waals surface area contributed by atoms with Gasteiger partial charge in [0.05, 0.1) is 0 Å². The van der Waals surface area contributed by atoms with Gasteiger partial charge in [0, 0.05) is 31.0 Å². The molecule has 6 nitrogen and oxygen atoms in total. The number of aromatic nitrogens is 2. The Labute approximate surface area is 120 Å². The van der Waals surface area contributed by atoms with Gasteiger partial charge in [-0.3, -0.25) is 4.79 Å². The summed E-state index contributed by atoms with van der Waals surface area (Å²) in [5.74, 6) is -0.198. The van der Waals surface area contributed by atoms with Gasteiger partial charge in [-0.25, -0.2) is 9.97 Å². The molecule has 0 spiro atoms. The first kappa shape index (κ1) is 16.4. The lowest BCUT2D eigenvalue weighted by atomic mass is 10.1. The summed E-state index contributed by atoms with van der Waals surface area (Å²) in [6.45, 7) is 5.43. The molecule has 0 aliphatic heterocycles. The average Bonchev–Trinajstić information content (AvgIpc) is 2.45. The van der Waals surface area contributed by atoms with E-state index < -0.39 is 12.0 Å². The highest BCUT2D eigenvalue weighted by Crippen LogP contribution is 2.03. The van der Waals surface area contributed by atoms with Gasteiger partial charge in [0.15, 0.2) is 0 Å². The molecule has 112 valence electrons. The van der Waals surface area contributed by atoms with Crippen LogP contribution in [0.4, 0.5) is 5.95 Å². The summed E-state index contributed by atoms with van der Waals surface area (Å²) in [7, 11) is 0. The Hall–Kier alpha value is -1.69. The SMILES string of the molecule is CCCCNc1ncc(CNC(CCC)C(=O)O)cn1. The van der Waals surface area contributed by atoms with Crippen LogP contribution < -0.4 is 10.6 Å². The smallest absolute Gasteiger partial charge is 0.320 e. The third-order valence-corrected chi connectivity index (χ3v) is 2.95. The summed E-state index contributed by atoms with van der Waals surface area (Å²) in [5.41, 5.74) is 0.883. The molecule has 0 aromatic carbocycles. The van der Waals surface area contributed by atoms with E-state index in [0.717, 1.165) is 31.4 Å². The van der Waals surface area contributed by atoms with Crippen LogP contribution in [-0.4, -0.2) is 33.6 Å². The van der Waals surface area contributed by atoms with Crippen molar-refractivity contribution < 1.29 is 9.90 Å². The Morgan fingerprint density at radius 2 is 2.00 bits per heavy atom. The zero-order chi connectivity index (χ0) is 14.8. The Morgan fingerprint density at radius 1 is 1.30 bits per heavy atom. The van der Waals surface area contributed by atoms with Crippen LogP contribution in [0.25, 0.3) is 0 Å². The average molecular weight is 280 g/mol. The Bertz CT molecular complexity index is 395. The molecule has 1 atom stereocenters. The quantitative estimate of drug-likeness (QED) is 0.568. The van der Waals surface area contributed by atoms with E-state index in [4.69, 9.17) is 5.11 Å². The van der Waals surface area contributed by atoms with Crippen molar-refractivity contribution in [3.05, 3.63) is 18.0 Å². The largest absolute Gasteiger partial charge is 0.480 e. The second-order valence-corrected chi connectivity index (χ2v) is 4.76. The fraction of sp³-hybridized carbons (Fsp3) is 0.643. The highest BCUT2D eigenvalue weighted by molar-refractivity contribution is 5.73. The van der Waals surface area contributed by atoms with Gasteiger partial charge in [0.25, 0.3) is 0 Å². The number of anilines is 1. The van der Waals surface area contributed by atoms with E-state index in [2.05, 4.69) is 27.5 Å². The van der Waals surface area contributed by atoms with Crippen LogP contribution in [-0.2, 0) is 11.3 Å². The first-order chi connectivity index (χ1) is 9.67. The zero-order valence-corrected chi connectivity index (χ0v) is 12.2. The number of nitrogens with one attached hydrogen (secondary N) is 2. The van der Waals surface area contributed by atoms with E-state index in [1.54, 1.807) is 12.4 Å². The topological polar surface area (TPSA) is 87.1 Å². The molecule has 1 rings (SSSR count). The summed E-state index contributed by atoms with van der Waals surface area (Å²) in [5, 5.41) is 15.2. The van der Waals surface area contributed by atoms with E-state index in [9.17, 15) is 4.79 Å². The number of carboxylic acid groups (broad SMARTS) is 1. The molecule has 0 fully saturated rings. The molecule has 1 heterocycles. The van der Waals surface area contributed by atoms with Crippen molar-refractivity contribution in [3.63, 3.8) is 0 Å². The van der Waals surface area contributed by atoms with E-state index in [1.807, 2.05) is 6.92 Å². The Kier molecular flexibility index (Phi) is 7.57. The van der Waals surface area contributed by atoms with Crippen molar-refractivity contribution in [1.29, 1.82) is 0 Å². The maximum absolute atomic E-state index is 11.0. The molecule has 0 saturated carbocycles. The summed E-state index contributed by atoms with van der Waals surface area (Å²) in [4.78, 5) is 19.4. The van der Waals surface area contributed by atoms with Gasteiger partial charge in [-0.05, 0) is 12.8 Å². The first-order valence-electron chi connectivity index (χ1n) is 7.18. The van der Waals surface area contributed by atoms with E-state index in [-0.39, 0.29) is 0 Å². The van der Waals surface area contributed by atoms with Crippen molar-refractivity contribution in [1.82, 2.24) is 15.3 Å². The monoisotopic (exact) mass is 280 g/mol. The second kappa shape index (κ2) is 9.25. The number of carboxylic acids is 1. The second-order valence-electron chi connectivity index (χ2n) is 4.76. The maximum Gasteiger partial charge on any atom is 0.320 e. The van der Waals surface area contributed by atoms with Crippen LogP contribution >= 0.6 is 0 Å². The lowest BCUT2D eigenvalue weighted by Gasteiger charge is -2.13. The number of rotatable bonds is 10. The normalized spacial score (nSPS) is 12.1. The van der Waals surface area contributed by atoms with Crippen molar-refractivity contribution in [2.45, 2.75) is 52.1 Å². The summed E-state index contributed by atoms with van der Waals surface area (Å²) in [6, 6.07) is -0.512. The number of aliphatic carboxylic acids is 1. The minimum Gasteiger partial charge on any atom is -0.480 e. The molecule has 1 aromatic rings. The van der Waals surface area contributed by atoms with Crippen molar-refractivity contribution in [2.24, 2.45) is 0 Å². The van der Waals surface area contributed by atoms with Gasteiger partial charge < -0.3 is 15.7 Å². The Morgan fingerprint density at radius 3 is 2.55 bits per heavy atom. The van der Waals surface area contributed by atoms with E-state index >= 15 is 0 Å². The summed E-state index contributed by atoms with van der Waals surface area (Å²) >= 11 is 0. The Balaban J connectivity index is 2.42. The van der Waals surface area contributed by atoms with Gasteiger partial charge in [0.2, 0.25) is 5.95 Å². The maximum atomic E-state index is 11.0. The van der Waals surface area contributed by atoms with Crippen molar-refractivity contribution in [3.8, 4) is 0 Å². The predicted octanol–water partition coefficient (Wildman–Crippen LogP) is 2.03. The molecule has 0 amide bonds. The van der Waals surface area contributed by atoms with Crippen LogP contribution in [0, 0.1) is 0 Å². The highest BCUT2D eigenvalue weighted by atomic mass is 16.4. The van der Waals surface area contributed by atoms with Gasteiger partial charge in [-0.1, -0.05) is 26.7 Å². The third-order valence-electron chi connectivity index (χ3n) is 2.95.